The quantitative estimate of drug-likeness (QED) is 0.210. The molecule has 0 bridgehead atoms. The molecule has 0 atom stereocenters. The van der Waals surface area contributed by atoms with Crippen LogP contribution in [0, 0.1) is 11.6 Å². The predicted octanol–water partition coefficient (Wildman–Crippen LogP) is 5.88. The molecule has 0 spiro atoms. The summed E-state index contributed by atoms with van der Waals surface area (Å²) in [5.41, 5.74) is 8.53. The number of hydrogen-bond donors (Lipinski definition) is 1. The lowest BCUT2D eigenvalue weighted by atomic mass is 10.0. The average Bonchev–Trinajstić information content (AvgIpc) is 3.29. The monoisotopic (exact) mass is 529 g/mol. The van der Waals surface area contributed by atoms with Crippen LogP contribution in [0.1, 0.15) is 23.0 Å². The smallest absolute Gasteiger partial charge is 0.354 e. The van der Waals surface area contributed by atoms with Crippen molar-refractivity contribution in [2.75, 3.05) is 12.3 Å². The van der Waals surface area contributed by atoms with E-state index >= 15 is 0 Å². The van der Waals surface area contributed by atoms with Crippen LogP contribution in [-0.4, -0.2) is 21.7 Å². The number of aromatic nitrogens is 2. The maximum absolute atomic E-state index is 14.5. The molecule has 0 aliphatic rings. The molecule has 3 aromatic carbocycles. The molecule has 2 heterocycles. The van der Waals surface area contributed by atoms with Crippen molar-refractivity contribution in [1.82, 2.24) is 9.13 Å². The van der Waals surface area contributed by atoms with Crippen molar-refractivity contribution < 1.29 is 23.0 Å². The van der Waals surface area contributed by atoms with Crippen LogP contribution in [-0.2, 0) is 18.3 Å². The number of nitrogen functional groups attached to an aromatic ring is 1. The summed E-state index contributed by atoms with van der Waals surface area (Å²) in [6, 6.07) is 18.8. The highest BCUT2D eigenvalue weighted by Crippen LogP contribution is 2.39. The molecular formula is C30H25F2N3O4. The second kappa shape index (κ2) is 10.4. The third-order valence-electron chi connectivity index (χ3n) is 6.31. The van der Waals surface area contributed by atoms with Crippen molar-refractivity contribution in [2.24, 2.45) is 7.05 Å². The highest BCUT2D eigenvalue weighted by Gasteiger charge is 2.24. The largest absolute Gasteiger partial charge is 0.461 e. The van der Waals surface area contributed by atoms with E-state index in [1.807, 2.05) is 30.3 Å². The van der Waals surface area contributed by atoms with Gasteiger partial charge in [0.25, 0.3) is 5.56 Å². The summed E-state index contributed by atoms with van der Waals surface area (Å²) in [5, 5.41) is 0.465. The third kappa shape index (κ3) is 4.98. The van der Waals surface area contributed by atoms with E-state index in [1.54, 1.807) is 49.0 Å². The van der Waals surface area contributed by atoms with Crippen LogP contribution in [0.4, 0.5) is 14.5 Å². The Kier molecular flexibility index (Phi) is 6.89. The topological polar surface area (TPSA) is 88.5 Å². The van der Waals surface area contributed by atoms with E-state index < -0.39 is 17.6 Å². The van der Waals surface area contributed by atoms with Crippen LogP contribution in [0.2, 0.25) is 0 Å². The Balaban J connectivity index is 1.76. The normalized spacial score (nSPS) is 11.1. The maximum atomic E-state index is 14.5. The standard InChI is InChI=1S/C30H25F2N3O4/c1-3-38-30(37)25-15-22-23(17-34(2)29(36)28(22)35(25)16-18-7-5-4-6-8-18)21-14-20(33)10-12-26(21)39-27-11-9-19(31)13-24(27)32/h4-15,17H,3,16,33H2,1-2H3. The van der Waals surface area contributed by atoms with Gasteiger partial charge in [0.2, 0.25) is 0 Å². The highest BCUT2D eigenvalue weighted by atomic mass is 19.1. The van der Waals surface area contributed by atoms with Crippen LogP contribution in [0.5, 0.6) is 11.5 Å². The van der Waals surface area contributed by atoms with E-state index in [0.717, 1.165) is 17.7 Å². The second-order valence-corrected chi connectivity index (χ2v) is 8.98. The van der Waals surface area contributed by atoms with E-state index in [2.05, 4.69) is 0 Å². The molecular weight excluding hydrogens is 504 g/mol. The molecule has 0 unspecified atom stereocenters. The molecule has 2 N–H and O–H groups in total. The van der Waals surface area contributed by atoms with Gasteiger partial charge in [-0.05, 0) is 48.9 Å². The van der Waals surface area contributed by atoms with Gasteiger partial charge in [0.05, 0.1) is 6.61 Å². The Labute approximate surface area is 222 Å². The van der Waals surface area contributed by atoms with Gasteiger partial charge in [0, 0.05) is 48.1 Å². The Morgan fingerprint density at radius 3 is 2.41 bits per heavy atom. The van der Waals surface area contributed by atoms with Crippen molar-refractivity contribution in [3.63, 3.8) is 0 Å². The number of ether oxygens (including phenoxy) is 2. The first kappa shape index (κ1) is 25.7. The molecule has 0 saturated heterocycles. The van der Waals surface area contributed by atoms with Crippen LogP contribution >= 0.6 is 0 Å². The van der Waals surface area contributed by atoms with E-state index in [0.29, 0.717) is 22.2 Å². The van der Waals surface area contributed by atoms with Gasteiger partial charge in [-0.25, -0.2) is 13.6 Å². The third-order valence-corrected chi connectivity index (χ3v) is 6.31. The first-order chi connectivity index (χ1) is 18.8. The molecule has 0 fully saturated rings. The molecule has 0 radical (unpaired) electrons. The molecule has 5 rings (SSSR count). The van der Waals surface area contributed by atoms with Gasteiger partial charge in [-0.1, -0.05) is 30.3 Å². The summed E-state index contributed by atoms with van der Waals surface area (Å²) in [6.07, 6.45) is 1.61. The summed E-state index contributed by atoms with van der Waals surface area (Å²) in [5.74, 6) is -2.14. The minimum atomic E-state index is -0.873. The molecule has 9 heteroatoms. The zero-order valence-electron chi connectivity index (χ0n) is 21.3. The summed E-state index contributed by atoms with van der Waals surface area (Å²) in [6.45, 7) is 2.11. The Bertz CT molecular complexity index is 1760. The molecule has 0 amide bonds. The molecule has 0 aliphatic heterocycles. The number of nitrogens with two attached hydrogens (primary N) is 1. The van der Waals surface area contributed by atoms with Crippen LogP contribution in [0.3, 0.4) is 0 Å². The van der Waals surface area contributed by atoms with Crippen LogP contribution < -0.4 is 16.0 Å². The first-order valence-electron chi connectivity index (χ1n) is 12.2. The van der Waals surface area contributed by atoms with Crippen molar-refractivity contribution in [3.05, 3.63) is 112 Å². The number of rotatable bonds is 7. The van der Waals surface area contributed by atoms with Crippen molar-refractivity contribution in [3.8, 4) is 22.6 Å². The SMILES string of the molecule is CCOC(=O)c1cc2c(-c3cc(N)ccc3Oc3ccc(F)cc3F)cn(C)c(=O)c2n1Cc1ccccc1. The number of hydrogen-bond acceptors (Lipinski definition) is 5. The highest BCUT2D eigenvalue weighted by molar-refractivity contribution is 6.02. The van der Waals surface area contributed by atoms with Crippen LogP contribution in [0.25, 0.3) is 22.0 Å². The van der Waals surface area contributed by atoms with Gasteiger partial charge in [-0.3, -0.25) is 4.79 Å². The van der Waals surface area contributed by atoms with Crippen molar-refractivity contribution >= 4 is 22.6 Å². The number of pyridine rings is 1. The minimum Gasteiger partial charge on any atom is -0.461 e. The fourth-order valence-electron chi connectivity index (χ4n) is 4.52. The Morgan fingerprint density at radius 1 is 0.949 bits per heavy atom. The lowest BCUT2D eigenvalue weighted by Crippen LogP contribution is -2.21. The molecule has 198 valence electrons. The van der Waals surface area contributed by atoms with Gasteiger partial charge < -0.3 is 24.3 Å². The number of nitrogens with zero attached hydrogens (tertiary/aromatic N) is 2. The number of carbonyl (C=O) groups is 1. The van der Waals surface area contributed by atoms with Gasteiger partial charge in [0.1, 0.15) is 22.8 Å². The number of halogens is 2. The molecule has 5 aromatic rings. The van der Waals surface area contributed by atoms with Gasteiger partial charge in [-0.2, -0.15) is 0 Å². The zero-order chi connectivity index (χ0) is 27.7. The van der Waals surface area contributed by atoms with Crippen LogP contribution in [0.15, 0.2) is 83.8 Å². The molecule has 7 nitrogen and oxygen atoms in total. The number of fused-ring (bicyclic) bond motifs is 1. The number of aryl methyl sites for hydroxylation is 1. The average molecular weight is 530 g/mol. The van der Waals surface area contributed by atoms with Crippen molar-refractivity contribution in [1.29, 1.82) is 0 Å². The summed E-state index contributed by atoms with van der Waals surface area (Å²) < 4.78 is 42.1. The Morgan fingerprint density at radius 2 is 1.69 bits per heavy atom. The maximum Gasteiger partial charge on any atom is 0.354 e. The fourth-order valence-corrected chi connectivity index (χ4v) is 4.52. The summed E-state index contributed by atoms with van der Waals surface area (Å²) in [4.78, 5) is 26.5. The summed E-state index contributed by atoms with van der Waals surface area (Å²) in [7, 11) is 1.60. The molecule has 0 saturated carbocycles. The number of benzene rings is 3. The molecule has 2 aromatic heterocycles. The number of anilines is 1. The van der Waals surface area contributed by atoms with E-state index in [9.17, 15) is 18.4 Å². The minimum absolute atomic E-state index is 0.160. The molecule has 0 aliphatic carbocycles. The number of esters is 1. The second-order valence-electron chi connectivity index (χ2n) is 8.98. The molecule has 39 heavy (non-hydrogen) atoms. The van der Waals surface area contributed by atoms with E-state index in [1.165, 1.54) is 10.6 Å². The van der Waals surface area contributed by atoms with E-state index in [-0.39, 0.29) is 41.4 Å². The summed E-state index contributed by atoms with van der Waals surface area (Å²) >= 11 is 0. The zero-order valence-corrected chi connectivity index (χ0v) is 21.3. The fraction of sp³-hybridized carbons (Fsp3) is 0.133. The van der Waals surface area contributed by atoms with Gasteiger partial charge >= 0.3 is 5.97 Å². The van der Waals surface area contributed by atoms with Crippen molar-refractivity contribution in [2.45, 2.75) is 13.5 Å². The Hall–Kier alpha value is -4.92. The lowest BCUT2D eigenvalue weighted by Gasteiger charge is -2.15. The number of carbonyl (C=O) groups excluding carboxylic acids is 1. The predicted molar refractivity (Wildman–Crippen MR) is 145 cm³/mol. The van der Waals surface area contributed by atoms with Gasteiger partial charge in [-0.15, -0.1) is 0 Å². The lowest BCUT2D eigenvalue weighted by molar-refractivity contribution is 0.0515. The first-order valence-corrected chi connectivity index (χ1v) is 12.2. The van der Waals surface area contributed by atoms with E-state index in [4.69, 9.17) is 15.2 Å². The van der Waals surface area contributed by atoms with Gasteiger partial charge in [0.15, 0.2) is 11.6 Å².